The van der Waals surface area contributed by atoms with Crippen LogP contribution in [0.2, 0.25) is 0 Å². The lowest BCUT2D eigenvalue weighted by molar-refractivity contribution is -0.141. The Morgan fingerprint density at radius 1 is 1.21 bits per heavy atom. The Morgan fingerprint density at radius 3 is 2.62 bits per heavy atom. The number of carboxylic acid groups (broad SMARTS) is 1. The maximum absolute atomic E-state index is 12.3. The second kappa shape index (κ2) is 7.24. The summed E-state index contributed by atoms with van der Waals surface area (Å²) in [7, 11) is 0. The van der Waals surface area contributed by atoms with Gasteiger partial charge in [-0.2, -0.15) is 0 Å². The number of benzene rings is 1. The highest BCUT2D eigenvalue weighted by Gasteiger charge is 2.33. The summed E-state index contributed by atoms with van der Waals surface area (Å²) in [5, 5.41) is 12.0. The van der Waals surface area contributed by atoms with Gasteiger partial charge in [0.25, 0.3) is 0 Å². The number of rotatable bonds is 7. The molecule has 3 rings (SSSR count). The number of carboxylic acids is 1. The molecule has 0 radical (unpaired) electrons. The number of aryl methyl sites for hydroxylation is 1. The molecule has 2 atom stereocenters. The van der Waals surface area contributed by atoms with Crippen LogP contribution in [0, 0.1) is 24.7 Å². The number of hydrogen-bond donors (Lipinski definition) is 2. The van der Waals surface area contributed by atoms with Gasteiger partial charge in [-0.3, -0.25) is 9.59 Å². The fourth-order valence-electron chi connectivity index (χ4n) is 3.20. The van der Waals surface area contributed by atoms with Crippen molar-refractivity contribution in [3.63, 3.8) is 0 Å². The van der Waals surface area contributed by atoms with E-state index >= 15 is 0 Å². The molecule has 0 saturated heterocycles. The Labute approximate surface area is 142 Å². The van der Waals surface area contributed by atoms with E-state index in [4.69, 9.17) is 9.84 Å². The lowest BCUT2D eigenvalue weighted by atomic mass is 10.0. The maximum Gasteiger partial charge on any atom is 0.306 e. The fraction of sp³-hybridized carbons (Fsp3) is 0.579. The first kappa shape index (κ1) is 16.8. The molecule has 5 heteroatoms. The summed E-state index contributed by atoms with van der Waals surface area (Å²) in [5.74, 6) is 0.119. The van der Waals surface area contributed by atoms with E-state index in [0.29, 0.717) is 31.7 Å². The molecule has 2 N–H and O–H groups in total. The molecule has 0 unspecified atom stereocenters. The SMILES string of the molecule is Cc1ccc(CNC(=O)[C@@H]2CC[C@H](C(=O)O)C2)c(OCC2CC2)c1. The first-order chi connectivity index (χ1) is 11.5. The van der Waals surface area contributed by atoms with Crippen molar-refractivity contribution in [1.29, 1.82) is 0 Å². The predicted octanol–water partition coefficient (Wildman–Crippen LogP) is 2.90. The molecule has 1 amide bonds. The third-order valence-corrected chi connectivity index (χ3v) is 5.00. The molecular formula is C19H25NO4. The first-order valence-corrected chi connectivity index (χ1v) is 8.75. The number of ether oxygens (including phenoxy) is 1. The van der Waals surface area contributed by atoms with Gasteiger partial charge < -0.3 is 15.2 Å². The van der Waals surface area contributed by atoms with E-state index in [2.05, 4.69) is 5.32 Å². The minimum atomic E-state index is -0.792. The van der Waals surface area contributed by atoms with Gasteiger partial charge in [0.05, 0.1) is 12.5 Å². The quantitative estimate of drug-likeness (QED) is 0.805. The van der Waals surface area contributed by atoms with Crippen molar-refractivity contribution in [2.45, 2.75) is 45.6 Å². The standard InChI is InChI=1S/C19H25NO4/c1-12-2-5-16(17(8-12)24-11-13-3-4-13)10-20-18(21)14-6-7-15(9-14)19(22)23/h2,5,8,13-15H,3-4,6-7,9-11H2,1H3,(H,20,21)(H,22,23)/t14-,15+/m1/s1. The molecular weight excluding hydrogens is 306 g/mol. The lowest BCUT2D eigenvalue weighted by Gasteiger charge is -2.15. The maximum atomic E-state index is 12.3. The van der Waals surface area contributed by atoms with Crippen LogP contribution in [0.25, 0.3) is 0 Å². The van der Waals surface area contributed by atoms with Gasteiger partial charge in [-0.1, -0.05) is 12.1 Å². The van der Waals surface area contributed by atoms with E-state index < -0.39 is 5.97 Å². The van der Waals surface area contributed by atoms with Crippen molar-refractivity contribution in [1.82, 2.24) is 5.32 Å². The number of carbonyl (C=O) groups is 2. The fourth-order valence-corrected chi connectivity index (χ4v) is 3.20. The van der Waals surface area contributed by atoms with Crippen LogP contribution in [0.3, 0.4) is 0 Å². The summed E-state index contributed by atoms with van der Waals surface area (Å²) in [6.07, 6.45) is 4.17. The Kier molecular flexibility index (Phi) is 5.07. The van der Waals surface area contributed by atoms with Crippen LogP contribution < -0.4 is 10.1 Å². The van der Waals surface area contributed by atoms with Crippen molar-refractivity contribution in [2.24, 2.45) is 17.8 Å². The topological polar surface area (TPSA) is 75.6 Å². The van der Waals surface area contributed by atoms with Crippen LogP contribution in [-0.4, -0.2) is 23.6 Å². The van der Waals surface area contributed by atoms with Gasteiger partial charge in [0.15, 0.2) is 0 Å². The molecule has 0 spiro atoms. The lowest BCUT2D eigenvalue weighted by Crippen LogP contribution is -2.29. The van der Waals surface area contributed by atoms with Crippen LogP contribution in [0.4, 0.5) is 0 Å². The third-order valence-electron chi connectivity index (χ3n) is 5.00. The highest BCUT2D eigenvalue weighted by atomic mass is 16.5. The average molecular weight is 331 g/mol. The van der Waals surface area contributed by atoms with Gasteiger partial charge in [-0.15, -0.1) is 0 Å². The first-order valence-electron chi connectivity index (χ1n) is 8.75. The molecule has 0 aliphatic heterocycles. The minimum Gasteiger partial charge on any atom is -0.493 e. The monoisotopic (exact) mass is 331 g/mol. The van der Waals surface area contributed by atoms with Crippen molar-refractivity contribution >= 4 is 11.9 Å². The van der Waals surface area contributed by atoms with Gasteiger partial charge in [0, 0.05) is 18.0 Å². The number of hydrogen-bond acceptors (Lipinski definition) is 3. The van der Waals surface area contributed by atoms with Crippen molar-refractivity contribution < 1.29 is 19.4 Å². The van der Waals surface area contributed by atoms with E-state index in [-0.39, 0.29) is 17.7 Å². The summed E-state index contributed by atoms with van der Waals surface area (Å²) >= 11 is 0. The number of aliphatic carboxylic acids is 1. The number of amides is 1. The largest absolute Gasteiger partial charge is 0.493 e. The summed E-state index contributed by atoms with van der Waals surface area (Å²) < 4.78 is 5.92. The molecule has 2 aliphatic rings. The molecule has 24 heavy (non-hydrogen) atoms. The van der Waals surface area contributed by atoms with E-state index in [9.17, 15) is 9.59 Å². The molecule has 0 heterocycles. The van der Waals surface area contributed by atoms with Crippen molar-refractivity contribution in [3.05, 3.63) is 29.3 Å². The van der Waals surface area contributed by atoms with Gasteiger partial charge in [-0.05, 0) is 56.6 Å². The Balaban J connectivity index is 1.55. The molecule has 0 aromatic heterocycles. The number of nitrogens with one attached hydrogen (secondary N) is 1. The normalized spacial score (nSPS) is 23.0. The average Bonchev–Trinajstić information content (AvgIpc) is 3.24. The summed E-state index contributed by atoms with van der Waals surface area (Å²) in [6, 6.07) is 6.02. The van der Waals surface area contributed by atoms with Crippen molar-refractivity contribution in [2.75, 3.05) is 6.61 Å². The van der Waals surface area contributed by atoms with E-state index in [1.54, 1.807) is 0 Å². The molecule has 2 aliphatic carbocycles. The zero-order valence-corrected chi connectivity index (χ0v) is 14.1. The molecule has 5 nitrogen and oxygen atoms in total. The third kappa shape index (κ3) is 4.28. The van der Waals surface area contributed by atoms with Crippen molar-refractivity contribution in [3.8, 4) is 5.75 Å². The highest BCUT2D eigenvalue weighted by Crippen LogP contribution is 2.32. The molecule has 0 bridgehead atoms. The Bertz CT molecular complexity index is 624. The van der Waals surface area contributed by atoms with Crippen LogP contribution >= 0.6 is 0 Å². The van der Waals surface area contributed by atoms with E-state index in [0.717, 1.165) is 23.5 Å². The van der Waals surface area contributed by atoms with Gasteiger partial charge in [-0.25, -0.2) is 0 Å². The Morgan fingerprint density at radius 2 is 1.96 bits per heavy atom. The summed E-state index contributed by atoms with van der Waals surface area (Å²) in [4.78, 5) is 23.3. The second-order valence-electron chi connectivity index (χ2n) is 7.13. The van der Waals surface area contributed by atoms with Crippen LogP contribution in [0.15, 0.2) is 18.2 Å². The van der Waals surface area contributed by atoms with Crippen LogP contribution in [0.5, 0.6) is 5.75 Å². The van der Waals surface area contributed by atoms with Gasteiger partial charge >= 0.3 is 5.97 Å². The minimum absolute atomic E-state index is 0.0486. The van der Waals surface area contributed by atoms with E-state index in [1.807, 2.05) is 25.1 Å². The molecule has 1 aromatic carbocycles. The zero-order chi connectivity index (χ0) is 17.1. The van der Waals surface area contributed by atoms with E-state index in [1.165, 1.54) is 12.8 Å². The second-order valence-corrected chi connectivity index (χ2v) is 7.13. The number of carbonyl (C=O) groups excluding carboxylic acids is 1. The molecule has 2 fully saturated rings. The zero-order valence-electron chi connectivity index (χ0n) is 14.1. The molecule has 2 saturated carbocycles. The summed E-state index contributed by atoms with van der Waals surface area (Å²) in [5.41, 5.74) is 2.11. The summed E-state index contributed by atoms with van der Waals surface area (Å²) in [6.45, 7) is 3.19. The van der Waals surface area contributed by atoms with Crippen LogP contribution in [0.1, 0.15) is 43.2 Å². The highest BCUT2D eigenvalue weighted by molar-refractivity contribution is 5.80. The van der Waals surface area contributed by atoms with Crippen LogP contribution in [-0.2, 0) is 16.1 Å². The smallest absolute Gasteiger partial charge is 0.306 e. The van der Waals surface area contributed by atoms with Gasteiger partial charge in [0.2, 0.25) is 5.91 Å². The molecule has 130 valence electrons. The van der Waals surface area contributed by atoms with Gasteiger partial charge in [0.1, 0.15) is 5.75 Å². The Hall–Kier alpha value is -2.04. The molecule has 1 aromatic rings. The predicted molar refractivity (Wildman–Crippen MR) is 89.7 cm³/mol.